The number of anilines is 1. The summed E-state index contributed by atoms with van der Waals surface area (Å²) in [5.74, 6) is 1.58. The lowest BCUT2D eigenvalue weighted by atomic mass is 10.1. The third-order valence-corrected chi connectivity index (χ3v) is 6.27. The van der Waals surface area contributed by atoms with E-state index in [0.29, 0.717) is 18.2 Å². The third-order valence-electron chi connectivity index (χ3n) is 5.31. The fraction of sp³-hybridized carbons (Fsp3) is 0.409. The first-order chi connectivity index (χ1) is 15.1. The van der Waals surface area contributed by atoms with Gasteiger partial charge in [0.05, 0.1) is 18.6 Å². The Balaban J connectivity index is 1.43. The monoisotopic (exact) mass is 443 g/mol. The van der Waals surface area contributed by atoms with Crippen molar-refractivity contribution in [2.75, 3.05) is 30.8 Å². The Kier molecular flexibility index (Phi) is 6.91. The van der Waals surface area contributed by atoms with Gasteiger partial charge in [0.2, 0.25) is 11.9 Å². The van der Waals surface area contributed by atoms with Gasteiger partial charge in [-0.15, -0.1) is 10.2 Å². The molecule has 9 heteroatoms. The number of amides is 1. The second kappa shape index (κ2) is 10.00. The van der Waals surface area contributed by atoms with Crippen LogP contribution in [-0.4, -0.2) is 51.5 Å². The fourth-order valence-corrected chi connectivity index (χ4v) is 4.47. The highest BCUT2D eigenvalue weighted by molar-refractivity contribution is 7.99. The van der Waals surface area contributed by atoms with Gasteiger partial charge in [-0.1, -0.05) is 23.9 Å². The highest BCUT2D eigenvalue weighted by Gasteiger charge is 2.22. The summed E-state index contributed by atoms with van der Waals surface area (Å²) in [7, 11) is 1.75. The zero-order valence-electron chi connectivity index (χ0n) is 17.5. The Morgan fingerprint density at radius 2 is 1.94 bits per heavy atom. The number of carbonyl (C=O) groups is 1. The molecule has 0 aliphatic carbocycles. The molecule has 164 valence electrons. The molecule has 1 amide bonds. The van der Waals surface area contributed by atoms with E-state index < -0.39 is 0 Å². The number of carbonyl (C=O) groups excluding carboxylic acids is 1. The second-order valence-electron chi connectivity index (χ2n) is 7.66. The molecule has 0 unspecified atom stereocenters. The van der Waals surface area contributed by atoms with Gasteiger partial charge in [-0.05, 0) is 49.1 Å². The van der Waals surface area contributed by atoms with Gasteiger partial charge in [0.25, 0.3) is 0 Å². The lowest BCUT2D eigenvalue weighted by Gasteiger charge is -2.27. The number of piperidine rings is 1. The molecule has 0 atom stereocenters. The Hall–Kier alpha value is -2.81. The Morgan fingerprint density at radius 1 is 1.16 bits per heavy atom. The van der Waals surface area contributed by atoms with Crippen LogP contribution in [0.15, 0.2) is 52.2 Å². The van der Waals surface area contributed by atoms with Crippen LogP contribution >= 0.6 is 11.8 Å². The van der Waals surface area contributed by atoms with E-state index in [4.69, 9.17) is 4.42 Å². The largest absolute Gasteiger partial charge is 0.467 e. The molecule has 0 spiro atoms. The number of furan rings is 1. The smallest absolute Gasteiger partial charge is 0.233 e. The quantitative estimate of drug-likeness (QED) is 0.494. The van der Waals surface area contributed by atoms with Gasteiger partial charge in [-0.3, -0.25) is 9.36 Å². The Labute approximate surface area is 185 Å². The molecule has 0 saturated carbocycles. The minimum Gasteiger partial charge on any atom is -0.467 e. The SMILES string of the molecule is CN(Cc1ccc(F)cc1)C(=O)CSc1nnc(N2CCCCC2)n1Cc1ccco1. The van der Waals surface area contributed by atoms with E-state index in [-0.39, 0.29) is 17.5 Å². The van der Waals surface area contributed by atoms with E-state index in [1.807, 2.05) is 16.7 Å². The molecule has 1 fully saturated rings. The van der Waals surface area contributed by atoms with Gasteiger partial charge in [0.15, 0.2) is 5.16 Å². The number of hydrogen-bond acceptors (Lipinski definition) is 6. The van der Waals surface area contributed by atoms with Gasteiger partial charge in [0, 0.05) is 26.7 Å². The normalized spacial score (nSPS) is 14.1. The van der Waals surface area contributed by atoms with E-state index in [2.05, 4.69) is 15.1 Å². The van der Waals surface area contributed by atoms with Gasteiger partial charge < -0.3 is 14.2 Å². The number of benzene rings is 1. The van der Waals surface area contributed by atoms with Crippen LogP contribution in [0, 0.1) is 5.82 Å². The van der Waals surface area contributed by atoms with Crippen molar-refractivity contribution in [3.05, 3.63) is 59.8 Å². The minimum absolute atomic E-state index is 0.0265. The number of halogens is 1. The summed E-state index contributed by atoms with van der Waals surface area (Å²) < 4.78 is 20.7. The van der Waals surface area contributed by atoms with E-state index in [0.717, 1.165) is 43.2 Å². The Bertz CT molecular complexity index is 984. The van der Waals surface area contributed by atoms with Crippen molar-refractivity contribution in [1.29, 1.82) is 0 Å². The molecule has 3 heterocycles. The maximum absolute atomic E-state index is 13.1. The topological polar surface area (TPSA) is 67.4 Å². The minimum atomic E-state index is -0.284. The molecule has 1 aliphatic heterocycles. The first kappa shape index (κ1) is 21.4. The van der Waals surface area contributed by atoms with E-state index in [9.17, 15) is 9.18 Å². The molecule has 3 aromatic rings. The van der Waals surface area contributed by atoms with Crippen LogP contribution in [0.25, 0.3) is 0 Å². The molecule has 1 saturated heterocycles. The van der Waals surface area contributed by atoms with Crippen molar-refractivity contribution >= 4 is 23.6 Å². The third kappa shape index (κ3) is 5.46. The summed E-state index contributed by atoms with van der Waals surface area (Å²) in [6, 6.07) is 9.98. The van der Waals surface area contributed by atoms with Crippen LogP contribution in [0.1, 0.15) is 30.6 Å². The van der Waals surface area contributed by atoms with Crippen molar-refractivity contribution in [2.45, 2.75) is 37.5 Å². The predicted molar refractivity (Wildman–Crippen MR) is 117 cm³/mol. The van der Waals surface area contributed by atoms with Crippen LogP contribution in [0.5, 0.6) is 0 Å². The Morgan fingerprint density at radius 3 is 2.65 bits per heavy atom. The van der Waals surface area contributed by atoms with Crippen LogP contribution in [0.3, 0.4) is 0 Å². The number of nitrogens with zero attached hydrogens (tertiary/aromatic N) is 5. The zero-order chi connectivity index (χ0) is 21.6. The molecule has 0 bridgehead atoms. The van der Waals surface area contributed by atoms with Gasteiger partial charge in [-0.25, -0.2) is 4.39 Å². The lowest BCUT2D eigenvalue weighted by Crippen LogP contribution is -2.32. The second-order valence-corrected chi connectivity index (χ2v) is 8.60. The lowest BCUT2D eigenvalue weighted by molar-refractivity contribution is -0.127. The van der Waals surface area contributed by atoms with Gasteiger partial charge in [0.1, 0.15) is 11.6 Å². The van der Waals surface area contributed by atoms with Crippen LogP contribution in [0.4, 0.5) is 10.3 Å². The van der Waals surface area contributed by atoms with Crippen LogP contribution < -0.4 is 4.90 Å². The number of thioether (sulfide) groups is 1. The summed E-state index contributed by atoms with van der Waals surface area (Å²) in [5.41, 5.74) is 0.885. The van der Waals surface area contributed by atoms with Crippen molar-refractivity contribution < 1.29 is 13.6 Å². The maximum atomic E-state index is 13.1. The van der Waals surface area contributed by atoms with Crippen molar-refractivity contribution in [3.63, 3.8) is 0 Å². The summed E-state index contributed by atoms with van der Waals surface area (Å²) in [6.45, 7) is 2.87. The highest BCUT2D eigenvalue weighted by Crippen LogP contribution is 2.26. The summed E-state index contributed by atoms with van der Waals surface area (Å²) in [5, 5.41) is 9.51. The molecule has 0 N–H and O–H groups in total. The molecule has 0 radical (unpaired) electrons. The van der Waals surface area contributed by atoms with E-state index in [1.54, 1.807) is 30.3 Å². The van der Waals surface area contributed by atoms with Gasteiger partial charge >= 0.3 is 0 Å². The molecule has 7 nitrogen and oxygen atoms in total. The van der Waals surface area contributed by atoms with E-state index >= 15 is 0 Å². The first-order valence-electron chi connectivity index (χ1n) is 10.4. The molecule has 31 heavy (non-hydrogen) atoms. The summed E-state index contributed by atoms with van der Waals surface area (Å²) in [4.78, 5) is 16.6. The predicted octanol–water partition coefficient (Wildman–Crippen LogP) is 3.80. The number of rotatable bonds is 8. The average molecular weight is 444 g/mol. The average Bonchev–Trinajstić information content (AvgIpc) is 3.44. The molecule has 1 aromatic carbocycles. The van der Waals surface area contributed by atoms with Crippen molar-refractivity contribution in [1.82, 2.24) is 19.7 Å². The van der Waals surface area contributed by atoms with E-state index in [1.165, 1.54) is 30.3 Å². The summed E-state index contributed by atoms with van der Waals surface area (Å²) in [6.07, 6.45) is 5.17. The highest BCUT2D eigenvalue weighted by atomic mass is 32.2. The number of hydrogen-bond donors (Lipinski definition) is 0. The maximum Gasteiger partial charge on any atom is 0.233 e. The first-order valence-corrected chi connectivity index (χ1v) is 11.4. The van der Waals surface area contributed by atoms with Crippen molar-refractivity contribution in [3.8, 4) is 0 Å². The van der Waals surface area contributed by atoms with Crippen LogP contribution in [-0.2, 0) is 17.9 Å². The van der Waals surface area contributed by atoms with Gasteiger partial charge in [-0.2, -0.15) is 0 Å². The zero-order valence-corrected chi connectivity index (χ0v) is 18.4. The standard InChI is InChI=1S/C22H26FN5O2S/c1-26(14-17-7-9-18(23)10-8-17)20(29)16-31-22-25-24-21(27-11-3-2-4-12-27)28(22)15-19-6-5-13-30-19/h5-10,13H,2-4,11-12,14-16H2,1H3. The molecule has 2 aromatic heterocycles. The molecular formula is C22H26FN5O2S. The fourth-order valence-electron chi connectivity index (χ4n) is 3.60. The molecule has 1 aliphatic rings. The summed E-state index contributed by atoms with van der Waals surface area (Å²) >= 11 is 1.37. The number of aromatic nitrogens is 3. The molecular weight excluding hydrogens is 417 g/mol. The van der Waals surface area contributed by atoms with Crippen molar-refractivity contribution in [2.24, 2.45) is 0 Å². The van der Waals surface area contributed by atoms with Crippen LogP contribution in [0.2, 0.25) is 0 Å². The molecule has 4 rings (SSSR count).